The van der Waals surface area contributed by atoms with Gasteiger partial charge in [0.2, 0.25) is 0 Å². The maximum absolute atomic E-state index is 12.5. The fourth-order valence-corrected chi connectivity index (χ4v) is 3.22. The van der Waals surface area contributed by atoms with Gasteiger partial charge in [-0.2, -0.15) is 0 Å². The molecule has 0 aromatic heterocycles. The molecule has 1 aromatic carbocycles. The lowest BCUT2D eigenvalue weighted by molar-refractivity contribution is -0.127. The van der Waals surface area contributed by atoms with E-state index >= 15 is 0 Å². The number of imide groups is 1. The lowest BCUT2D eigenvalue weighted by atomic mass is 10.0. The predicted octanol–water partition coefficient (Wildman–Crippen LogP) is 1.68. The lowest BCUT2D eigenvalue weighted by Crippen LogP contribution is -2.49. The normalized spacial score (nSPS) is 17.9. The highest BCUT2D eigenvalue weighted by molar-refractivity contribution is 5.98. The van der Waals surface area contributed by atoms with Gasteiger partial charge in [0.1, 0.15) is 0 Å². The van der Waals surface area contributed by atoms with Crippen molar-refractivity contribution in [3.63, 3.8) is 0 Å². The zero-order chi connectivity index (χ0) is 18.7. The summed E-state index contributed by atoms with van der Waals surface area (Å²) in [6, 6.07) is 4.73. The molecule has 0 atom stereocenters. The van der Waals surface area contributed by atoms with Crippen LogP contribution in [0.4, 0.5) is 15.3 Å². The summed E-state index contributed by atoms with van der Waals surface area (Å²) in [5.41, 5.74) is 0.511. The Morgan fingerprint density at radius 2 is 1.92 bits per heavy atom. The van der Waals surface area contributed by atoms with Crippen molar-refractivity contribution in [1.82, 2.24) is 9.80 Å². The van der Waals surface area contributed by atoms with Gasteiger partial charge < -0.3 is 24.4 Å². The van der Waals surface area contributed by atoms with Gasteiger partial charge in [-0.3, -0.25) is 4.79 Å². The molecule has 2 heterocycles. The second-order valence-electron chi connectivity index (χ2n) is 6.01. The molecule has 0 saturated carbocycles. The van der Waals surface area contributed by atoms with Crippen molar-refractivity contribution in [2.24, 2.45) is 0 Å². The van der Waals surface area contributed by atoms with E-state index in [2.05, 4.69) is 5.32 Å². The molecule has 3 rings (SSSR count). The topological polar surface area (TPSA) is 97.4 Å². The number of anilines is 1. The Morgan fingerprint density at radius 3 is 2.50 bits per heavy atom. The molecular weight excluding hydrogens is 342 g/mol. The summed E-state index contributed by atoms with van der Waals surface area (Å²) in [4.78, 5) is 38.7. The molecule has 4 amide bonds. The Bertz CT molecular complexity index is 698. The van der Waals surface area contributed by atoms with Gasteiger partial charge in [-0.15, -0.1) is 0 Å². The third-order valence-corrected chi connectivity index (χ3v) is 4.55. The quantitative estimate of drug-likeness (QED) is 0.874. The van der Waals surface area contributed by atoms with Crippen LogP contribution in [0.2, 0.25) is 0 Å². The Hall–Kier alpha value is -2.97. The number of nitrogens with zero attached hydrogens (tertiary/aromatic N) is 2. The molecule has 0 bridgehead atoms. The van der Waals surface area contributed by atoms with Crippen LogP contribution in [0.25, 0.3) is 0 Å². The lowest BCUT2D eigenvalue weighted by Gasteiger charge is -2.34. The van der Waals surface area contributed by atoms with Crippen LogP contribution in [0.1, 0.15) is 12.8 Å². The average molecular weight is 363 g/mol. The zero-order valence-corrected chi connectivity index (χ0v) is 14.7. The Morgan fingerprint density at radius 1 is 1.19 bits per heavy atom. The van der Waals surface area contributed by atoms with Crippen LogP contribution in [0.15, 0.2) is 18.2 Å². The van der Waals surface area contributed by atoms with Gasteiger partial charge >= 0.3 is 12.1 Å². The summed E-state index contributed by atoms with van der Waals surface area (Å²) >= 11 is 0. The third kappa shape index (κ3) is 3.37. The number of nitrogens with one attached hydrogen (secondary N) is 1. The van der Waals surface area contributed by atoms with Crippen molar-refractivity contribution in [2.45, 2.75) is 18.9 Å². The van der Waals surface area contributed by atoms with Gasteiger partial charge in [0.05, 0.1) is 19.9 Å². The molecule has 2 aliphatic rings. The van der Waals surface area contributed by atoms with E-state index in [9.17, 15) is 14.4 Å². The summed E-state index contributed by atoms with van der Waals surface area (Å²) in [6.07, 6.45) is 0.437. The largest absolute Gasteiger partial charge is 0.493 e. The van der Waals surface area contributed by atoms with Crippen LogP contribution in [-0.4, -0.2) is 67.8 Å². The smallest absolute Gasteiger partial charge is 0.417 e. The van der Waals surface area contributed by atoms with Crippen LogP contribution in [0, 0.1) is 0 Å². The van der Waals surface area contributed by atoms with Crippen molar-refractivity contribution in [3.8, 4) is 11.5 Å². The number of para-hydroxylation sites is 1. The highest BCUT2D eigenvalue weighted by atomic mass is 16.6. The number of amides is 4. The van der Waals surface area contributed by atoms with Crippen molar-refractivity contribution >= 4 is 23.7 Å². The summed E-state index contributed by atoms with van der Waals surface area (Å²) in [5.74, 6) is 0.651. The monoisotopic (exact) mass is 363 g/mol. The van der Waals surface area contributed by atoms with Gasteiger partial charge in [-0.25, -0.2) is 14.5 Å². The van der Waals surface area contributed by atoms with E-state index in [1.165, 1.54) is 19.1 Å². The van der Waals surface area contributed by atoms with Crippen molar-refractivity contribution in [1.29, 1.82) is 0 Å². The van der Waals surface area contributed by atoms with E-state index in [0.717, 1.165) is 0 Å². The summed E-state index contributed by atoms with van der Waals surface area (Å²) < 4.78 is 15.3. The first-order valence-electron chi connectivity index (χ1n) is 8.31. The van der Waals surface area contributed by atoms with Crippen molar-refractivity contribution in [2.75, 3.05) is 39.2 Å². The number of carbonyl (C=O) groups is 3. The first-order valence-corrected chi connectivity index (χ1v) is 8.31. The standard InChI is InChI=1S/C17H21N3O6/c1-24-13-5-3-4-12(15(13)25-2)18-16(22)19-8-6-11(7-9-19)20-14(21)10-26-17(20)23/h3-5,11H,6-10H2,1-2H3,(H,18,22). The van der Waals surface area contributed by atoms with Gasteiger partial charge in [0, 0.05) is 19.1 Å². The summed E-state index contributed by atoms with van der Waals surface area (Å²) in [7, 11) is 3.03. The molecule has 9 heteroatoms. The van der Waals surface area contributed by atoms with Gasteiger partial charge in [-0.1, -0.05) is 6.07 Å². The second kappa shape index (κ2) is 7.51. The molecule has 0 aliphatic carbocycles. The van der Waals surface area contributed by atoms with E-state index < -0.39 is 6.09 Å². The number of benzene rings is 1. The van der Waals surface area contributed by atoms with E-state index in [1.54, 1.807) is 23.1 Å². The number of rotatable bonds is 4. The minimum atomic E-state index is -0.598. The van der Waals surface area contributed by atoms with Gasteiger partial charge in [0.25, 0.3) is 5.91 Å². The molecule has 0 radical (unpaired) electrons. The molecular formula is C17H21N3O6. The van der Waals surface area contributed by atoms with Crippen molar-refractivity contribution in [3.05, 3.63) is 18.2 Å². The maximum Gasteiger partial charge on any atom is 0.417 e. The van der Waals surface area contributed by atoms with Gasteiger partial charge in [0.15, 0.2) is 18.1 Å². The molecule has 2 saturated heterocycles. The third-order valence-electron chi connectivity index (χ3n) is 4.55. The maximum atomic E-state index is 12.5. The summed E-state index contributed by atoms with van der Waals surface area (Å²) in [6.45, 7) is 0.662. The van der Waals surface area contributed by atoms with Crippen LogP contribution >= 0.6 is 0 Å². The van der Waals surface area contributed by atoms with E-state index in [4.69, 9.17) is 14.2 Å². The van der Waals surface area contributed by atoms with E-state index in [-0.39, 0.29) is 24.6 Å². The number of urea groups is 1. The molecule has 2 fully saturated rings. The Labute approximate surface area is 150 Å². The van der Waals surface area contributed by atoms with Crippen LogP contribution in [0.5, 0.6) is 11.5 Å². The van der Waals surface area contributed by atoms with Crippen LogP contribution in [-0.2, 0) is 9.53 Å². The molecule has 2 aliphatic heterocycles. The molecule has 26 heavy (non-hydrogen) atoms. The highest BCUT2D eigenvalue weighted by Crippen LogP contribution is 2.35. The number of ether oxygens (including phenoxy) is 3. The molecule has 1 N–H and O–H groups in total. The van der Waals surface area contributed by atoms with Gasteiger partial charge in [-0.05, 0) is 25.0 Å². The average Bonchev–Trinajstić information content (AvgIpc) is 2.99. The first-order chi connectivity index (χ1) is 12.5. The molecule has 0 unspecified atom stereocenters. The first kappa shape index (κ1) is 17.8. The molecule has 1 aromatic rings. The summed E-state index contributed by atoms with van der Waals surface area (Å²) in [5, 5.41) is 2.82. The number of likely N-dealkylation sites (tertiary alicyclic amines) is 1. The minimum absolute atomic E-state index is 0.199. The number of methoxy groups -OCH3 is 2. The highest BCUT2D eigenvalue weighted by Gasteiger charge is 2.39. The SMILES string of the molecule is COc1cccc(NC(=O)N2CCC(N3C(=O)COC3=O)CC2)c1OC. The number of hydrogen-bond acceptors (Lipinski definition) is 6. The Balaban J connectivity index is 1.61. The van der Waals surface area contributed by atoms with Crippen LogP contribution < -0.4 is 14.8 Å². The Kier molecular flexibility index (Phi) is 5.15. The number of carbonyl (C=O) groups excluding carboxylic acids is 3. The molecule has 0 spiro atoms. The minimum Gasteiger partial charge on any atom is -0.493 e. The molecule has 140 valence electrons. The fourth-order valence-electron chi connectivity index (χ4n) is 3.22. The predicted molar refractivity (Wildman–Crippen MR) is 91.4 cm³/mol. The number of hydrogen-bond donors (Lipinski definition) is 1. The van der Waals surface area contributed by atoms with E-state index in [1.807, 2.05) is 0 Å². The van der Waals surface area contributed by atoms with Crippen molar-refractivity contribution < 1.29 is 28.6 Å². The molecule has 9 nitrogen and oxygen atoms in total. The van der Waals surface area contributed by atoms with Crippen LogP contribution in [0.3, 0.4) is 0 Å². The van der Waals surface area contributed by atoms with E-state index in [0.29, 0.717) is 43.1 Å². The zero-order valence-electron chi connectivity index (χ0n) is 14.7. The second-order valence-corrected chi connectivity index (χ2v) is 6.01. The number of cyclic esters (lactones) is 1. The number of piperidine rings is 1. The fraction of sp³-hybridized carbons (Fsp3) is 0.471.